The lowest BCUT2D eigenvalue weighted by Crippen LogP contribution is -2.44. The van der Waals surface area contributed by atoms with Gasteiger partial charge in [-0.1, -0.05) is 13.3 Å². The van der Waals surface area contributed by atoms with Crippen LogP contribution < -0.4 is 5.32 Å². The summed E-state index contributed by atoms with van der Waals surface area (Å²) in [7, 11) is 0. The molecule has 19 heavy (non-hydrogen) atoms. The second kappa shape index (κ2) is 6.26. The van der Waals surface area contributed by atoms with Crippen molar-refractivity contribution in [2.75, 3.05) is 13.1 Å². The van der Waals surface area contributed by atoms with Crippen molar-refractivity contribution in [3.63, 3.8) is 0 Å². The number of hydrogen-bond acceptors (Lipinski definition) is 2. The summed E-state index contributed by atoms with van der Waals surface area (Å²) in [6, 6.07) is 0.326. The summed E-state index contributed by atoms with van der Waals surface area (Å²) in [5.74, 6) is -0.601. The Kier molecular flexibility index (Phi) is 4.66. The smallest absolute Gasteiger partial charge is 0.317 e. The molecule has 1 atom stereocenters. The molecule has 1 unspecified atom stereocenters. The summed E-state index contributed by atoms with van der Waals surface area (Å²) in [5.41, 5.74) is 0. The number of nitrogens with zero attached hydrogens (tertiary/aromatic N) is 1. The van der Waals surface area contributed by atoms with Crippen molar-refractivity contribution in [2.24, 2.45) is 11.8 Å². The van der Waals surface area contributed by atoms with E-state index in [4.69, 9.17) is 5.11 Å². The molecule has 108 valence electrons. The first-order valence-corrected chi connectivity index (χ1v) is 7.39. The second-order valence-electron chi connectivity index (χ2n) is 5.84. The van der Waals surface area contributed by atoms with Crippen molar-refractivity contribution in [3.05, 3.63) is 0 Å². The van der Waals surface area contributed by atoms with Gasteiger partial charge in [-0.15, -0.1) is 0 Å². The van der Waals surface area contributed by atoms with Crippen LogP contribution in [0.25, 0.3) is 0 Å². The van der Waals surface area contributed by atoms with E-state index in [2.05, 4.69) is 5.32 Å². The highest BCUT2D eigenvalue weighted by atomic mass is 16.4. The number of hydrogen-bond donors (Lipinski definition) is 2. The average Bonchev–Trinajstić information content (AvgIpc) is 3.24. The standard InChI is InChI=1S/C14H24N2O3/c1-2-3-11(13(17)18)8-15-14(19)16(12-6-7-12)9-10-4-5-10/h10-12H,2-9H2,1H3,(H,15,19)(H,17,18). The Morgan fingerprint density at radius 2 is 2.00 bits per heavy atom. The van der Waals surface area contributed by atoms with E-state index in [1.165, 1.54) is 12.8 Å². The molecule has 0 aromatic rings. The first-order chi connectivity index (χ1) is 9.11. The summed E-state index contributed by atoms with van der Waals surface area (Å²) in [6.45, 7) is 3.05. The Bertz CT molecular complexity index is 338. The Hall–Kier alpha value is -1.26. The Morgan fingerprint density at radius 1 is 1.32 bits per heavy atom. The summed E-state index contributed by atoms with van der Waals surface area (Å²) in [5, 5.41) is 11.9. The first kappa shape index (κ1) is 14.2. The van der Waals surface area contributed by atoms with E-state index in [-0.39, 0.29) is 12.6 Å². The zero-order chi connectivity index (χ0) is 13.8. The van der Waals surface area contributed by atoms with Crippen LogP contribution in [0.2, 0.25) is 0 Å². The van der Waals surface area contributed by atoms with Crippen LogP contribution in [-0.2, 0) is 4.79 Å². The van der Waals surface area contributed by atoms with Gasteiger partial charge in [-0.3, -0.25) is 4.79 Å². The largest absolute Gasteiger partial charge is 0.481 e. The monoisotopic (exact) mass is 268 g/mol. The molecule has 5 nitrogen and oxygen atoms in total. The second-order valence-corrected chi connectivity index (χ2v) is 5.84. The van der Waals surface area contributed by atoms with Crippen molar-refractivity contribution in [1.29, 1.82) is 0 Å². The topological polar surface area (TPSA) is 69.6 Å². The third-order valence-corrected chi connectivity index (χ3v) is 3.89. The normalized spacial score (nSPS) is 19.8. The number of amides is 2. The van der Waals surface area contributed by atoms with Gasteiger partial charge in [0.05, 0.1) is 5.92 Å². The molecule has 0 aromatic heterocycles. The molecule has 5 heteroatoms. The van der Waals surface area contributed by atoms with E-state index < -0.39 is 11.9 Å². The van der Waals surface area contributed by atoms with Gasteiger partial charge in [0.25, 0.3) is 0 Å². The Labute approximate surface area is 114 Å². The quantitative estimate of drug-likeness (QED) is 0.708. The molecular formula is C14H24N2O3. The van der Waals surface area contributed by atoms with Gasteiger partial charge in [0.2, 0.25) is 0 Å². The van der Waals surface area contributed by atoms with E-state index in [1.54, 1.807) is 0 Å². The number of aliphatic carboxylic acids is 1. The highest BCUT2D eigenvalue weighted by Crippen LogP contribution is 2.34. The average molecular weight is 268 g/mol. The minimum absolute atomic E-state index is 0.0725. The zero-order valence-corrected chi connectivity index (χ0v) is 11.6. The molecule has 2 rings (SSSR count). The van der Waals surface area contributed by atoms with Gasteiger partial charge in [0, 0.05) is 19.1 Å². The fourth-order valence-electron chi connectivity index (χ4n) is 2.34. The van der Waals surface area contributed by atoms with Gasteiger partial charge >= 0.3 is 12.0 Å². The number of carboxylic acid groups (broad SMARTS) is 1. The number of nitrogens with one attached hydrogen (secondary N) is 1. The van der Waals surface area contributed by atoms with Crippen LogP contribution >= 0.6 is 0 Å². The summed E-state index contributed by atoms with van der Waals surface area (Å²) in [4.78, 5) is 25.1. The van der Waals surface area contributed by atoms with E-state index in [0.717, 1.165) is 25.8 Å². The number of carboxylic acids is 1. The molecular weight excluding hydrogens is 244 g/mol. The lowest BCUT2D eigenvalue weighted by atomic mass is 10.0. The highest BCUT2D eigenvalue weighted by Gasteiger charge is 2.36. The summed E-state index contributed by atoms with van der Waals surface area (Å²) in [6.07, 6.45) is 6.08. The lowest BCUT2D eigenvalue weighted by molar-refractivity contribution is -0.141. The fraction of sp³-hybridized carbons (Fsp3) is 0.857. The first-order valence-electron chi connectivity index (χ1n) is 7.39. The van der Waals surface area contributed by atoms with E-state index in [0.29, 0.717) is 18.4 Å². The molecule has 0 radical (unpaired) electrons. The van der Waals surface area contributed by atoms with E-state index >= 15 is 0 Å². The van der Waals surface area contributed by atoms with Crippen LogP contribution in [-0.4, -0.2) is 41.1 Å². The maximum atomic E-state index is 12.1. The van der Waals surface area contributed by atoms with Crippen LogP contribution in [0.4, 0.5) is 4.79 Å². The maximum absolute atomic E-state index is 12.1. The van der Waals surface area contributed by atoms with Gasteiger partial charge in [-0.25, -0.2) is 4.79 Å². The van der Waals surface area contributed by atoms with Gasteiger partial charge in [-0.2, -0.15) is 0 Å². The summed E-state index contributed by atoms with van der Waals surface area (Å²) < 4.78 is 0. The fourth-order valence-corrected chi connectivity index (χ4v) is 2.34. The predicted octanol–water partition coefficient (Wildman–Crippen LogP) is 2.07. The molecule has 2 aliphatic rings. The SMILES string of the molecule is CCCC(CNC(=O)N(CC1CC1)C1CC1)C(=O)O. The Morgan fingerprint density at radius 3 is 2.47 bits per heavy atom. The third-order valence-electron chi connectivity index (χ3n) is 3.89. The van der Waals surface area contributed by atoms with Crippen molar-refractivity contribution in [2.45, 2.75) is 51.5 Å². The number of rotatable bonds is 8. The van der Waals surface area contributed by atoms with Crippen LogP contribution in [0.5, 0.6) is 0 Å². The van der Waals surface area contributed by atoms with Crippen molar-refractivity contribution in [3.8, 4) is 0 Å². The van der Waals surface area contributed by atoms with Gasteiger partial charge < -0.3 is 15.3 Å². The van der Waals surface area contributed by atoms with E-state index in [1.807, 2.05) is 11.8 Å². The third kappa shape index (κ3) is 4.40. The van der Waals surface area contributed by atoms with Crippen LogP contribution in [0.15, 0.2) is 0 Å². The van der Waals surface area contributed by atoms with Crippen molar-refractivity contribution < 1.29 is 14.7 Å². The predicted molar refractivity (Wildman–Crippen MR) is 71.9 cm³/mol. The van der Waals surface area contributed by atoms with Crippen LogP contribution in [0.1, 0.15) is 45.4 Å². The maximum Gasteiger partial charge on any atom is 0.317 e. The molecule has 2 saturated carbocycles. The molecule has 2 amide bonds. The Balaban J connectivity index is 1.78. The highest BCUT2D eigenvalue weighted by molar-refractivity contribution is 5.76. The van der Waals surface area contributed by atoms with Crippen LogP contribution in [0.3, 0.4) is 0 Å². The minimum Gasteiger partial charge on any atom is -0.481 e. The van der Waals surface area contributed by atoms with Gasteiger partial charge in [0.15, 0.2) is 0 Å². The van der Waals surface area contributed by atoms with Gasteiger partial charge in [0.1, 0.15) is 0 Å². The summed E-state index contributed by atoms with van der Waals surface area (Å²) >= 11 is 0. The van der Waals surface area contributed by atoms with Crippen molar-refractivity contribution in [1.82, 2.24) is 10.2 Å². The molecule has 0 aromatic carbocycles. The minimum atomic E-state index is -0.817. The van der Waals surface area contributed by atoms with Crippen LogP contribution in [0, 0.1) is 11.8 Å². The molecule has 2 N–H and O–H groups in total. The number of carbonyl (C=O) groups is 2. The molecule has 0 saturated heterocycles. The van der Waals surface area contributed by atoms with Gasteiger partial charge in [-0.05, 0) is 38.0 Å². The molecule has 2 fully saturated rings. The zero-order valence-electron chi connectivity index (χ0n) is 11.6. The molecule has 0 heterocycles. The number of carbonyl (C=O) groups excluding carboxylic acids is 1. The number of urea groups is 1. The lowest BCUT2D eigenvalue weighted by Gasteiger charge is -2.23. The molecule has 2 aliphatic carbocycles. The van der Waals surface area contributed by atoms with E-state index in [9.17, 15) is 9.59 Å². The molecule has 0 bridgehead atoms. The molecule has 0 spiro atoms. The molecule has 0 aliphatic heterocycles. The van der Waals surface area contributed by atoms with Crippen molar-refractivity contribution >= 4 is 12.0 Å².